The van der Waals surface area contributed by atoms with Gasteiger partial charge in [0.1, 0.15) is 11.5 Å². The standard InChI is InChI=1S/C13H16BrFN2O2/c14-10-7-13(17(18)19)12(8-11(10)15)16-6-5-9-3-1-2-4-9/h7-9,16H,1-6H2. The van der Waals surface area contributed by atoms with Gasteiger partial charge in [-0.1, -0.05) is 25.7 Å². The fourth-order valence-corrected chi connectivity index (χ4v) is 2.87. The molecule has 0 amide bonds. The van der Waals surface area contributed by atoms with Crippen molar-refractivity contribution in [1.29, 1.82) is 0 Å². The lowest BCUT2D eigenvalue weighted by Crippen LogP contribution is -2.08. The number of nitrogens with zero attached hydrogens (tertiary/aromatic N) is 1. The van der Waals surface area contributed by atoms with Crippen LogP contribution in [0.4, 0.5) is 15.8 Å². The Morgan fingerprint density at radius 3 is 2.74 bits per heavy atom. The lowest BCUT2D eigenvalue weighted by molar-refractivity contribution is -0.384. The number of nitro benzene ring substituents is 1. The minimum Gasteiger partial charge on any atom is -0.379 e. The highest BCUT2D eigenvalue weighted by molar-refractivity contribution is 9.10. The molecule has 1 aromatic carbocycles. The van der Waals surface area contributed by atoms with Crippen molar-refractivity contribution in [3.8, 4) is 0 Å². The van der Waals surface area contributed by atoms with Crippen molar-refractivity contribution in [3.05, 3.63) is 32.5 Å². The van der Waals surface area contributed by atoms with Crippen LogP contribution in [-0.2, 0) is 0 Å². The van der Waals surface area contributed by atoms with Gasteiger partial charge in [0, 0.05) is 18.7 Å². The highest BCUT2D eigenvalue weighted by atomic mass is 79.9. The number of benzene rings is 1. The Morgan fingerprint density at radius 1 is 1.42 bits per heavy atom. The number of hydrogen-bond donors (Lipinski definition) is 1. The summed E-state index contributed by atoms with van der Waals surface area (Å²) in [6.07, 6.45) is 6.00. The van der Waals surface area contributed by atoms with Crippen LogP contribution in [-0.4, -0.2) is 11.5 Å². The lowest BCUT2D eigenvalue weighted by atomic mass is 10.0. The normalized spacial score (nSPS) is 15.7. The largest absolute Gasteiger partial charge is 0.379 e. The van der Waals surface area contributed by atoms with E-state index in [0.717, 1.165) is 6.42 Å². The molecule has 0 spiro atoms. The predicted octanol–water partition coefficient (Wildman–Crippen LogP) is 4.49. The number of anilines is 1. The van der Waals surface area contributed by atoms with Crippen LogP contribution in [0.15, 0.2) is 16.6 Å². The molecule has 1 N–H and O–H groups in total. The van der Waals surface area contributed by atoms with E-state index < -0.39 is 10.7 Å². The zero-order valence-corrected chi connectivity index (χ0v) is 12.1. The van der Waals surface area contributed by atoms with E-state index in [1.165, 1.54) is 37.8 Å². The van der Waals surface area contributed by atoms with Crippen LogP contribution in [0.1, 0.15) is 32.1 Å². The molecule has 0 unspecified atom stereocenters. The van der Waals surface area contributed by atoms with Crippen LogP contribution in [0.25, 0.3) is 0 Å². The maximum Gasteiger partial charge on any atom is 0.293 e. The van der Waals surface area contributed by atoms with Crippen LogP contribution in [0.2, 0.25) is 0 Å². The van der Waals surface area contributed by atoms with Gasteiger partial charge in [-0.25, -0.2) is 4.39 Å². The van der Waals surface area contributed by atoms with Crippen molar-refractivity contribution in [2.24, 2.45) is 5.92 Å². The Bertz CT molecular complexity index is 476. The summed E-state index contributed by atoms with van der Waals surface area (Å²) in [4.78, 5) is 10.4. The molecule has 0 aliphatic heterocycles. The van der Waals surface area contributed by atoms with E-state index in [9.17, 15) is 14.5 Å². The molecule has 6 heteroatoms. The Kier molecular flexibility index (Phi) is 4.74. The van der Waals surface area contributed by atoms with Crippen LogP contribution < -0.4 is 5.32 Å². The van der Waals surface area contributed by atoms with Crippen molar-refractivity contribution in [2.75, 3.05) is 11.9 Å². The van der Waals surface area contributed by atoms with Gasteiger partial charge in [-0.2, -0.15) is 0 Å². The van der Waals surface area contributed by atoms with Gasteiger partial charge < -0.3 is 5.32 Å². The SMILES string of the molecule is O=[N+]([O-])c1cc(Br)c(F)cc1NCCC1CCCC1. The van der Waals surface area contributed by atoms with Crippen molar-refractivity contribution in [2.45, 2.75) is 32.1 Å². The smallest absolute Gasteiger partial charge is 0.293 e. The van der Waals surface area contributed by atoms with Gasteiger partial charge in [-0.05, 0) is 28.3 Å². The van der Waals surface area contributed by atoms with E-state index in [1.54, 1.807) is 0 Å². The highest BCUT2D eigenvalue weighted by Gasteiger charge is 2.18. The zero-order chi connectivity index (χ0) is 13.8. The van der Waals surface area contributed by atoms with Gasteiger partial charge in [0.05, 0.1) is 9.40 Å². The first kappa shape index (κ1) is 14.2. The fourth-order valence-electron chi connectivity index (χ4n) is 2.54. The molecular formula is C13H16BrFN2O2. The molecule has 1 aromatic rings. The molecule has 1 fully saturated rings. The molecule has 0 saturated heterocycles. The minimum atomic E-state index is -0.498. The highest BCUT2D eigenvalue weighted by Crippen LogP contribution is 2.31. The Hall–Kier alpha value is -1.17. The second-order valence-corrected chi connectivity index (χ2v) is 5.76. The third-order valence-electron chi connectivity index (χ3n) is 3.58. The van der Waals surface area contributed by atoms with Gasteiger partial charge in [0.2, 0.25) is 0 Å². The van der Waals surface area contributed by atoms with E-state index in [-0.39, 0.29) is 15.8 Å². The molecule has 0 atom stereocenters. The van der Waals surface area contributed by atoms with E-state index in [4.69, 9.17) is 0 Å². The molecule has 0 bridgehead atoms. The van der Waals surface area contributed by atoms with Crippen LogP contribution in [0, 0.1) is 21.8 Å². The molecular weight excluding hydrogens is 315 g/mol. The van der Waals surface area contributed by atoms with Gasteiger partial charge >= 0.3 is 0 Å². The number of hydrogen-bond acceptors (Lipinski definition) is 3. The van der Waals surface area contributed by atoms with Crippen molar-refractivity contribution in [3.63, 3.8) is 0 Å². The average molecular weight is 331 g/mol. The topological polar surface area (TPSA) is 55.2 Å². The summed E-state index contributed by atoms with van der Waals surface area (Å²) in [5, 5.41) is 13.9. The Labute approximate surface area is 119 Å². The second kappa shape index (κ2) is 6.32. The number of nitro groups is 1. The third-order valence-corrected chi connectivity index (χ3v) is 4.19. The predicted molar refractivity (Wildman–Crippen MR) is 75.8 cm³/mol. The Morgan fingerprint density at radius 2 is 2.11 bits per heavy atom. The summed E-state index contributed by atoms with van der Waals surface area (Å²) >= 11 is 2.96. The summed E-state index contributed by atoms with van der Waals surface area (Å²) in [7, 11) is 0. The first-order valence-corrected chi connectivity index (χ1v) is 7.24. The number of halogens is 2. The van der Waals surface area contributed by atoms with E-state index >= 15 is 0 Å². The molecule has 0 heterocycles. The van der Waals surface area contributed by atoms with Gasteiger partial charge in [-0.3, -0.25) is 10.1 Å². The maximum atomic E-state index is 13.4. The minimum absolute atomic E-state index is 0.0975. The molecule has 0 aromatic heterocycles. The van der Waals surface area contributed by atoms with E-state index in [1.807, 2.05) is 0 Å². The summed E-state index contributed by atoms with van der Waals surface area (Å²) in [6, 6.07) is 2.38. The molecule has 104 valence electrons. The maximum absolute atomic E-state index is 13.4. The number of rotatable bonds is 5. The molecule has 1 aliphatic rings. The van der Waals surface area contributed by atoms with E-state index in [2.05, 4.69) is 21.2 Å². The Balaban J connectivity index is 2.01. The average Bonchev–Trinajstić information content (AvgIpc) is 2.86. The summed E-state index contributed by atoms with van der Waals surface area (Å²) < 4.78 is 13.6. The summed E-state index contributed by atoms with van der Waals surface area (Å²) in [5.74, 6) is 0.209. The van der Waals surface area contributed by atoms with Gasteiger partial charge in [-0.15, -0.1) is 0 Å². The second-order valence-electron chi connectivity index (χ2n) is 4.91. The van der Waals surface area contributed by atoms with Crippen LogP contribution in [0.3, 0.4) is 0 Å². The molecule has 4 nitrogen and oxygen atoms in total. The number of nitrogens with one attached hydrogen (secondary N) is 1. The van der Waals surface area contributed by atoms with Crippen molar-refractivity contribution < 1.29 is 9.31 Å². The monoisotopic (exact) mass is 330 g/mol. The van der Waals surface area contributed by atoms with Crippen LogP contribution >= 0.6 is 15.9 Å². The molecule has 1 aliphatic carbocycles. The van der Waals surface area contributed by atoms with Crippen LogP contribution in [0.5, 0.6) is 0 Å². The van der Waals surface area contributed by atoms with Gasteiger partial charge in [0.15, 0.2) is 0 Å². The molecule has 19 heavy (non-hydrogen) atoms. The molecule has 2 rings (SSSR count). The van der Waals surface area contributed by atoms with Crippen molar-refractivity contribution in [1.82, 2.24) is 0 Å². The zero-order valence-electron chi connectivity index (χ0n) is 10.5. The fraction of sp³-hybridized carbons (Fsp3) is 0.538. The van der Waals surface area contributed by atoms with Gasteiger partial charge in [0.25, 0.3) is 5.69 Å². The molecule has 0 radical (unpaired) electrons. The van der Waals surface area contributed by atoms with E-state index in [0.29, 0.717) is 12.5 Å². The third kappa shape index (κ3) is 3.65. The first-order chi connectivity index (χ1) is 9.08. The quantitative estimate of drug-likeness (QED) is 0.639. The summed E-state index contributed by atoms with van der Waals surface area (Å²) in [6.45, 7) is 0.645. The van der Waals surface area contributed by atoms with Crippen molar-refractivity contribution >= 4 is 27.3 Å². The first-order valence-electron chi connectivity index (χ1n) is 6.45. The molecule has 1 saturated carbocycles. The summed E-state index contributed by atoms with van der Waals surface area (Å²) in [5.41, 5.74) is 0.156. The lowest BCUT2D eigenvalue weighted by Gasteiger charge is -2.11.